The number of aromatic nitrogens is 1. The third kappa shape index (κ3) is 8.29. The Morgan fingerprint density at radius 2 is 1.64 bits per heavy atom. The molecule has 204 valence electrons. The van der Waals surface area contributed by atoms with Gasteiger partial charge < -0.3 is 25.2 Å². The van der Waals surface area contributed by atoms with E-state index in [1.54, 1.807) is 36.5 Å². The molecule has 1 aliphatic rings. The van der Waals surface area contributed by atoms with Gasteiger partial charge >= 0.3 is 5.97 Å². The summed E-state index contributed by atoms with van der Waals surface area (Å²) in [6.07, 6.45) is 6.79. The van der Waals surface area contributed by atoms with Crippen molar-refractivity contribution in [1.29, 1.82) is 0 Å². The van der Waals surface area contributed by atoms with E-state index in [0.717, 1.165) is 37.9 Å². The highest BCUT2D eigenvalue weighted by atomic mass is 16.5. The van der Waals surface area contributed by atoms with Gasteiger partial charge in [0.05, 0.1) is 23.8 Å². The van der Waals surface area contributed by atoms with Gasteiger partial charge in [0.15, 0.2) is 0 Å². The molecule has 1 saturated carbocycles. The summed E-state index contributed by atoms with van der Waals surface area (Å²) in [4.78, 5) is 39.8. The fourth-order valence-electron chi connectivity index (χ4n) is 4.49. The van der Waals surface area contributed by atoms with Crippen LogP contribution in [0.2, 0.25) is 0 Å². The largest absolute Gasteiger partial charge is 0.490 e. The number of ether oxygens (including phenoxy) is 2. The van der Waals surface area contributed by atoms with Crippen LogP contribution in [0.1, 0.15) is 61.4 Å². The number of hydrogen-bond donors (Lipinski definition) is 3. The number of para-hydroxylation sites is 1. The lowest BCUT2D eigenvalue weighted by Gasteiger charge is -2.29. The van der Waals surface area contributed by atoms with Crippen molar-refractivity contribution in [3.05, 3.63) is 78.0 Å². The number of nitrogens with zero attached hydrogens (tertiary/aromatic N) is 1. The molecule has 39 heavy (non-hydrogen) atoms. The molecule has 3 N–H and O–H groups in total. The summed E-state index contributed by atoms with van der Waals surface area (Å²) in [5.74, 6) is 0.432. The monoisotopic (exact) mass is 531 g/mol. The first-order valence-corrected chi connectivity index (χ1v) is 13.2. The van der Waals surface area contributed by atoms with Gasteiger partial charge in [0.25, 0.3) is 0 Å². The van der Waals surface area contributed by atoms with Crippen molar-refractivity contribution in [1.82, 2.24) is 10.3 Å². The summed E-state index contributed by atoms with van der Waals surface area (Å²) >= 11 is 0. The van der Waals surface area contributed by atoms with Crippen LogP contribution in [0.15, 0.2) is 66.9 Å². The Balaban J connectivity index is 1.23. The lowest BCUT2D eigenvalue weighted by Crippen LogP contribution is -2.39. The fraction of sp³-hybridized carbons (Fsp3) is 0.333. The highest BCUT2D eigenvalue weighted by Crippen LogP contribution is 2.27. The molecule has 1 aliphatic carbocycles. The van der Waals surface area contributed by atoms with Crippen molar-refractivity contribution in [2.24, 2.45) is 0 Å². The molecule has 3 aromatic rings. The number of carboxylic acids is 1. The second kappa shape index (κ2) is 13.4. The third-order valence-corrected chi connectivity index (χ3v) is 6.46. The van der Waals surface area contributed by atoms with Crippen LogP contribution >= 0.6 is 0 Å². The molecule has 0 bridgehead atoms. The number of hydrogen-bond acceptors (Lipinski definition) is 6. The van der Waals surface area contributed by atoms with E-state index < -0.39 is 5.97 Å². The maximum Gasteiger partial charge on any atom is 0.337 e. The van der Waals surface area contributed by atoms with Crippen molar-refractivity contribution in [3.63, 3.8) is 0 Å². The standard InChI is InChI=1S/C30H33N3O6/c1-2-5-27(34)32-21-9-11-22(12-10-21)38-23-13-15-24(16-14-23)39-29-17-8-20(19-31-29)18-28(35)33-26-7-4-3-6-25(26)30(36)37/h3-4,6-8,13-17,19,21-22H,2,5,9-12,18H2,1H3,(H,32,34)(H,33,35)(H,36,37). The number of benzene rings is 2. The van der Waals surface area contributed by atoms with Crippen molar-refractivity contribution in [3.8, 4) is 17.4 Å². The van der Waals surface area contributed by atoms with Crippen molar-refractivity contribution < 1.29 is 29.0 Å². The van der Waals surface area contributed by atoms with Crippen LogP contribution in [0.3, 0.4) is 0 Å². The molecule has 1 fully saturated rings. The Hall–Kier alpha value is -4.40. The molecular weight excluding hydrogens is 498 g/mol. The summed E-state index contributed by atoms with van der Waals surface area (Å²) in [6.45, 7) is 2.00. The normalized spacial score (nSPS) is 16.6. The molecule has 9 heteroatoms. The van der Waals surface area contributed by atoms with Gasteiger partial charge in [-0.25, -0.2) is 9.78 Å². The van der Waals surface area contributed by atoms with E-state index in [2.05, 4.69) is 15.6 Å². The molecule has 0 saturated heterocycles. The molecule has 2 amide bonds. The summed E-state index contributed by atoms with van der Waals surface area (Å²) in [6, 6.07) is 17.3. The molecule has 0 atom stereocenters. The number of carbonyl (C=O) groups excluding carboxylic acids is 2. The van der Waals surface area contributed by atoms with E-state index in [1.807, 2.05) is 31.2 Å². The smallest absolute Gasteiger partial charge is 0.337 e. The lowest BCUT2D eigenvalue weighted by atomic mass is 9.92. The Morgan fingerprint density at radius 3 is 2.31 bits per heavy atom. The molecular formula is C30H33N3O6. The molecule has 1 aromatic heterocycles. The number of aromatic carboxylic acids is 1. The zero-order valence-electron chi connectivity index (χ0n) is 21.9. The predicted molar refractivity (Wildman–Crippen MR) is 146 cm³/mol. The lowest BCUT2D eigenvalue weighted by molar-refractivity contribution is -0.122. The second-order valence-corrected chi connectivity index (χ2v) is 9.56. The zero-order valence-corrected chi connectivity index (χ0v) is 21.9. The molecule has 2 aromatic carbocycles. The number of carbonyl (C=O) groups is 3. The van der Waals surface area contributed by atoms with E-state index in [9.17, 15) is 19.5 Å². The maximum absolute atomic E-state index is 12.4. The average Bonchev–Trinajstić information content (AvgIpc) is 2.92. The number of pyridine rings is 1. The number of amides is 2. The molecule has 0 unspecified atom stereocenters. The third-order valence-electron chi connectivity index (χ3n) is 6.46. The van der Waals surface area contributed by atoms with Crippen LogP contribution in [0.5, 0.6) is 17.4 Å². The van der Waals surface area contributed by atoms with E-state index in [0.29, 0.717) is 23.6 Å². The Kier molecular flexibility index (Phi) is 9.50. The Morgan fingerprint density at radius 1 is 0.923 bits per heavy atom. The summed E-state index contributed by atoms with van der Waals surface area (Å²) < 4.78 is 11.9. The van der Waals surface area contributed by atoms with Crippen LogP contribution in [0.25, 0.3) is 0 Å². The van der Waals surface area contributed by atoms with E-state index in [1.165, 1.54) is 6.07 Å². The van der Waals surface area contributed by atoms with E-state index in [-0.39, 0.29) is 41.6 Å². The number of nitrogens with one attached hydrogen (secondary N) is 2. The fourth-order valence-corrected chi connectivity index (χ4v) is 4.49. The highest BCUT2D eigenvalue weighted by Gasteiger charge is 2.23. The first kappa shape index (κ1) is 27.6. The van der Waals surface area contributed by atoms with Crippen molar-refractivity contribution in [2.75, 3.05) is 5.32 Å². The zero-order chi connectivity index (χ0) is 27.6. The topological polar surface area (TPSA) is 127 Å². The first-order chi connectivity index (χ1) is 18.9. The predicted octanol–water partition coefficient (Wildman–Crippen LogP) is 5.36. The van der Waals surface area contributed by atoms with Crippen LogP contribution in [0.4, 0.5) is 5.69 Å². The first-order valence-electron chi connectivity index (χ1n) is 13.2. The van der Waals surface area contributed by atoms with Crippen molar-refractivity contribution >= 4 is 23.5 Å². The van der Waals surface area contributed by atoms with Crippen molar-refractivity contribution in [2.45, 2.75) is 64.0 Å². The van der Waals surface area contributed by atoms with Gasteiger partial charge in [-0.3, -0.25) is 9.59 Å². The number of rotatable bonds is 11. The van der Waals surface area contributed by atoms with E-state index in [4.69, 9.17) is 9.47 Å². The molecule has 9 nitrogen and oxygen atoms in total. The molecule has 4 rings (SSSR count). The van der Waals surface area contributed by atoms with Gasteiger partial charge in [-0.15, -0.1) is 0 Å². The maximum atomic E-state index is 12.4. The number of anilines is 1. The molecule has 0 radical (unpaired) electrons. The molecule has 1 heterocycles. The van der Waals surface area contributed by atoms with Crippen LogP contribution in [-0.2, 0) is 16.0 Å². The number of carboxylic acid groups (broad SMARTS) is 1. The van der Waals surface area contributed by atoms with Gasteiger partial charge in [0.2, 0.25) is 17.7 Å². The van der Waals surface area contributed by atoms with Crippen LogP contribution in [-0.4, -0.2) is 40.0 Å². The quantitative estimate of drug-likeness (QED) is 0.304. The van der Waals surface area contributed by atoms with E-state index >= 15 is 0 Å². The SMILES string of the molecule is CCCC(=O)NC1CCC(Oc2ccc(Oc3ccc(CC(=O)Nc4ccccc4C(=O)O)cn3)cc2)CC1. The minimum atomic E-state index is -1.11. The van der Waals surface area contributed by atoms with Gasteiger partial charge in [-0.1, -0.05) is 25.1 Å². The average molecular weight is 532 g/mol. The highest BCUT2D eigenvalue weighted by molar-refractivity contribution is 6.00. The minimum absolute atomic E-state index is 0.0318. The Bertz CT molecular complexity index is 1270. The van der Waals surface area contributed by atoms with Crippen LogP contribution < -0.4 is 20.1 Å². The second-order valence-electron chi connectivity index (χ2n) is 9.56. The summed E-state index contributed by atoms with van der Waals surface area (Å²) in [7, 11) is 0. The summed E-state index contributed by atoms with van der Waals surface area (Å²) in [5.41, 5.74) is 0.944. The van der Waals surface area contributed by atoms with Gasteiger partial charge in [0.1, 0.15) is 11.5 Å². The minimum Gasteiger partial charge on any atom is -0.490 e. The molecule has 0 aliphatic heterocycles. The van der Waals surface area contributed by atoms with Gasteiger partial charge in [-0.2, -0.15) is 0 Å². The molecule has 0 spiro atoms. The van der Waals surface area contributed by atoms with Gasteiger partial charge in [0, 0.05) is 24.7 Å². The van der Waals surface area contributed by atoms with Crippen LogP contribution in [0, 0.1) is 0 Å². The van der Waals surface area contributed by atoms with Gasteiger partial charge in [-0.05, 0) is 74.1 Å². The Labute approximate surface area is 227 Å². The summed E-state index contributed by atoms with van der Waals surface area (Å²) in [5, 5.41) is 15.0.